The van der Waals surface area contributed by atoms with Gasteiger partial charge in [-0.15, -0.1) is 0 Å². The number of aliphatic carboxylic acids is 1. The number of nitrogens with one attached hydrogen (secondary N) is 2. The Morgan fingerprint density at radius 3 is 2.00 bits per heavy atom. The molecule has 2 amide bonds. The van der Waals surface area contributed by atoms with Crippen molar-refractivity contribution >= 4 is 12.0 Å². The van der Waals surface area contributed by atoms with Crippen LogP contribution in [-0.4, -0.2) is 28.7 Å². The fourth-order valence-corrected chi connectivity index (χ4v) is 0.747. The van der Waals surface area contributed by atoms with Crippen LogP contribution in [0.4, 0.5) is 4.79 Å². The minimum Gasteiger partial charge on any atom is -0.480 e. The molecule has 0 aliphatic heterocycles. The van der Waals surface area contributed by atoms with Crippen LogP contribution >= 0.6 is 0 Å². The van der Waals surface area contributed by atoms with E-state index in [0.717, 1.165) is 0 Å². The zero-order valence-corrected chi connectivity index (χ0v) is 9.92. The second-order valence-electron chi connectivity index (χ2n) is 4.56. The first-order valence-electron chi connectivity index (χ1n) is 4.99. The van der Waals surface area contributed by atoms with Crippen molar-refractivity contribution in [3.05, 3.63) is 0 Å². The zero-order valence-electron chi connectivity index (χ0n) is 9.92. The van der Waals surface area contributed by atoms with E-state index in [9.17, 15) is 9.59 Å². The molecule has 0 saturated heterocycles. The smallest absolute Gasteiger partial charge is 0.328 e. The lowest BCUT2D eigenvalue weighted by molar-refractivity contribution is -0.142. The zero-order chi connectivity index (χ0) is 12.2. The van der Waals surface area contributed by atoms with E-state index in [1.807, 2.05) is 20.8 Å². The van der Waals surface area contributed by atoms with Gasteiger partial charge in [0.2, 0.25) is 0 Å². The first kappa shape index (κ1) is 13.7. The van der Waals surface area contributed by atoms with Crippen LogP contribution in [0.25, 0.3) is 0 Å². The molecule has 15 heavy (non-hydrogen) atoms. The number of rotatable bonds is 4. The minimum atomic E-state index is -1.25. The van der Waals surface area contributed by atoms with Crippen molar-refractivity contribution in [1.82, 2.24) is 10.6 Å². The van der Waals surface area contributed by atoms with Crippen molar-refractivity contribution < 1.29 is 14.7 Å². The van der Waals surface area contributed by atoms with E-state index in [1.165, 1.54) is 13.8 Å². The van der Waals surface area contributed by atoms with Crippen molar-refractivity contribution in [1.29, 1.82) is 0 Å². The summed E-state index contributed by atoms with van der Waals surface area (Å²) in [4.78, 5) is 22.1. The number of urea groups is 1. The minimum absolute atomic E-state index is 0.00888. The van der Waals surface area contributed by atoms with Gasteiger partial charge in [-0.2, -0.15) is 0 Å². The van der Waals surface area contributed by atoms with Gasteiger partial charge in [-0.25, -0.2) is 9.59 Å². The van der Waals surface area contributed by atoms with Gasteiger partial charge in [-0.1, -0.05) is 13.8 Å². The summed E-state index contributed by atoms with van der Waals surface area (Å²) in [5.41, 5.74) is -1.25. The molecule has 0 aliphatic carbocycles. The number of carboxylic acids is 1. The molecule has 5 heteroatoms. The molecular weight excluding hydrogens is 196 g/mol. The van der Waals surface area contributed by atoms with Gasteiger partial charge < -0.3 is 15.7 Å². The topological polar surface area (TPSA) is 78.4 Å². The summed E-state index contributed by atoms with van der Waals surface area (Å²) in [6.45, 7) is 8.71. The molecule has 0 saturated carbocycles. The average molecular weight is 216 g/mol. The molecule has 3 N–H and O–H groups in total. The van der Waals surface area contributed by atoms with E-state index in [1.54, 1.807) is 0 Å². The Morgan fingerprint density at radius 1 is 1.20 bits per heavy atom. The highest BCUT2D eigenvalue weighted by atomic mass is 16.4. The third-order valence-corrected chi connectivity index (χ3v) is 2.32. The number of carboxylic acid groups (broad SMARTS) is 1. The monoisotopic (exact) mass is 216 g/mol. The van der Waals surface area contributed by atoms with E-state index >= 15 is 0 Å². The third-order valence-electron chi connectivity index (χ3n) is 2.32. The maximum absolute atomic E-state index is 11.4. The van der Waals surface area contributed by atoms with Crippen LogP contribution in [0.2, 0.25) is 0 Å². The highest BCUT2D eigenvalue weighted by molar-refractivity contribution is 5.85. The Hall–Kier alpha value is -1.26. The van der Waals surface area contributed by atoms with Gasteiger partial charge in [0.1, 0.15) is 5.54 Å². The summed E-state index contributed by atoms with van der Waals surface area (Å²) >= 11 is 0. The first-order chi connectivity index (χ1) is 6.66. The maximum atomic E-state index is 11.4. The van der Waals surface area contributed by atoms with Crippen LogP contribution in [0, 0.1) is 5.92 Å². The van der Waals surface area contributed by atoms with E-state index in [4.69, 9.17) is 5.11 Å². The van der Waals surface area contributed by atoms with Gasteiger partial charge in [0.05, 0.1) is 0 Å². The van der Waals surface area contributed by atoms with Crippen molar-refractivity contribution in [3.63, 3.8) is 0 Å². The number of amides is 2. The summed E-state index contributed by atoms with van der Waals surface area (Å²) in [6.07, 6.45) is 0. The normalized spacial score (nSPS) is 13.5. The predicted octanol–water partition coefficient (Wildman–Crippen LogP) is 1.19. The second kappa shape index (κ2) is 5.00. The Morgan fingerprint density at radius 2 is 1.67 bits per heavy atom. The van der Waals surface area contributed by atoms with Gasteiger partial charge in [0, 0.05) is 6.04 Å². The summed E-state index contributed by atoms with van der Waals surface area (Å²) in [6, 6.07) is -0.446. The molecule has 0 fully saturated rings. The lowest BCUT2D eigenvalue weighted by atomic mass is 10.1. The molecule has 0 spiro atoms. The molecule has 0 radical (unpaired) electrons. The van der Waals surface area contributed by atoms with E-state index in [-0.39, 0.29) is 6.04 Å². The number of hydrogen-bond donors (Lipinski definition) is 3. The van der Waals surface area contributed by atoms with Crippen molar-refractivity contribution in [2.75, 3.05) is 0 Å². The highest BCUT2D eigenvalue weighted by Gasteiger charge is 2.29. The fourth-order valence-electron chi connectivity index (χ4n) is 0.747. The van der Waals surface area contributed by atoms with Crippen molar-refractivity contribution in [2.45, 2.75) is 46.2 Å². The molecule has 0 rings (SSSR count). The summed E-state index contributed by atoms with van der Waals surface area (Å²) < 4.78 is 0. The number of hydrogen-bond acceptors (Lipinski definition) is 2. The Bertz CT molecular complexity index is 249. The molecule has 0 bridgehead atoms. The molecule has 0 aliphatic rings. The molecule has 1 unspecified atom stereocenters. The van der Waals surface area contributed by atoms with Crippen LogP contribution in [0.1, 0.15) is 34.6 Å². The molecule has 0 heterocycles. The SMILES string of the molecule is CC(C)C(C)NC(=O)NC(C)(C)C(=O)O. The fraction of sp³-hybridized carbons (Fsp3) is 0.800. The van der Waals surface area contributed by atoms with Crippen LogP contribution in [0.3, 0.4) is 0 Å². The molecule has 0 aromatic carbocycles. The average Bonchev–Trinajstić information content (AvgIpc) is 2.01. The first-order valence-corrected chi connectivity index (χ1v) is 4.99. The molecule has 0 aromatic heterocycles. The van der Waals surface area contributed by atoms with E-state index in [2.05, 4.69) is 10.6 Å². The summed E-state index contributed by atoms with van der Waals surface area (Å²) in [7, 11) is 0. The van der Waals surface area contributed by atoms with Crippen LogP contribution < -0.4 is 10.6 Å². The van der Waals surface area contributed by atoms with Gasteiger partial charge in [-0.05, 0) is 26.7 Å². The van der Waals surface area contributed by atoms with Gasteiger partial charge in [0.25, 0.3) is 0 Å². The number of carbonyl (C=O) groups is 2. The largest absolute Gasteiger partial charge is 0.480 e. The third kappa shape index (κ3) is 4.67. The Balaban J connectivity index is 4.21. The Kier molecular flexibility index (Phi) is 4.58. The van der Waals surface area contributed by atoms with Crippen LogP contribution in [0.15, 0.2) is 0 Å². The second-order valence-corrected chi connectivity index (χ2v) is 4.56. The molecule has 5 nitrogen and oxygen atoms in total. The quantitative estimate of drug-likeness (QED) is 0.660. The summed E-state index contributed by atoms with van der Waals surface area (Å²) in [5.74, 6) is -0.751. The Labute approximate surface area is 90.2 Å². The highest BCUT2D eigenvalue weighted by Crippen LogP contribution is 2.03. The molecule has 88 valence electrons. The standard InChI is InChI=1S/C10H20N2O3/c1-6(2)7(3)11-9(15)12-10(4,5)8(13)14/h6-7H,1-5H3,(H,13,14)(H2,11,12,15). The predicted molar refractivity (Wildman–Crippen MR) is 57.7 cm³/mol. The molecule has 0 aromatic rings. The summed E-state index contributed by atoms with van der Waals surface area (Å²) in [5, 5.41) is 13.9. The van der Waals surface area contributed by atoms with E-state index in [0.29, 0.717) is 5.92 Å². The lowest BCUT2D eigenvalue weighted by Crippen LogP contribution is -2.55. The van der Waals surface area contributed by atoms with E-state index < -0.39 is 17.5 Å². The molecule has 1 atom stereocenters. The maximum Gasteiger partial charge on any atom is 0.328 e. The van der Waals surface area contributed by atoms with Gasteiger partial charge in [0.15, 0.2) is 0 Å². The molecular formula is C10H20N2O3. The van der Waals surface area contributed by atoms with Crippen molar-refractivity contribution in [2.24, 2.45) is 5.92 Å². The lowest BCUT2D eigenvalue weighted by Gasteiger charge is -2.24. The van der Waals surface area contributed by atoms with Gasteiger partial charge >= 0.3 is 12.0 Å². The van der Waals surface area contributed by atoms with Crippen molar-refractivity contribution in [3.8, 4) is 0 Å². The van der Waals surface area contributed by atoms with Crippen LogP contribution in [0.5, 0.6) is 0 Å². The number of carbonyl (C=O) groups excluding carboxylic acids is 1. The van der Waals surface area contributed by atoms with Gasteiger partial charge in [-0.3, -0.25) is 0 Å². The van der Waals surface area contributed by atoms with Crippen LogP contribution in [-0.2, 0) is 4.79 Å².